The smallest absolute Gasteiger partial charge is 0.147 e. The molecule has 2 aliphatic carbocycles. The Balaban J connectivity index is 1.68. The van der Waals surface area contributed by atoms with Crippen LogP contribution < -0.4 is 0 Å². The molecular weight excluding hydrogens is 348 g/mol. The standard InChI is InChI=1S/C17H16BrClN2/c18-14-15(11-6-7-11)20-17(21-16(14)19)13-8-5-10-3-1-2-4-12(10)9-13/h1-4,11,13H,5-9H2. The van der Waals surface area contributed by atoms with Crippen molar-refractivity contribution in [1.29, 1.82) is 0 Å². The first kappa shape index (κ1) is 13.7. The quantitative estimate of drug-likeness (QED) is 0.698. The van der Waals surface area contributed by atoms with Gasteiger partial charge in [0.2, 0.25) is 0 Å². The average molecular weight is 364 g/mol. The van der Waals surface area contributed by atoms with Crippen molar-refractivity contribution in [3.8, 4) is 0 Å². The highest BCUT2D eigenvalue weighted by molar-refractivity contribution is 9.10. The van der Waals surface area contributed by atoms with Gasteiger partial charge in [0.05, 0.1) is 10.2 Å². The van der Waals surface area contributed by atoms with Crippen LogP contribution in [0.15, 0.2) is 28.7 Å². The van der Waals surface area contributed by atoms with Crippen LogP contribution in [-0.4, -0.2) is 9.97 Å². The zero-order chi connectivity index (χ0) is 14.4. The molecule has 0 spiro atoms. The lowest BCUT2D eigenvalue weighted by Crippen LogP contribution is -2.16. The van der Waals surface area contributed by atoms with E-state index in [2.05, 4.69) is 45.2 Å². The number of halogens is 2. The largest absolute Gasteiger partial charge is 0.236 e. The molecule has 1 heterocycles. The van der Waals surface area contributed by atoms with Crippen molar-refractivity contribution < 1.29 is 0 Å². The molecule has 4 heteroatoms. The van der Waals surface area contributed by atoms with Gasteiger partial charge in [0.15, 0.2) is 0 Å². The molecule has 108 valence electrons. The molecule has 0 radical (unpaired) electrons. The van der Waals surface area contributed by atoms with Crippen LogP contribution in [0.25, 0.3) is 0 Å². The Morgan fingerprint density at radius 3 is 2.52 bits per heavy atom. The molecule has 2 nitrogen and oxygen atoms in total. The van der Waals surface area contributed by atoms with E-state index >= 15 is 0 Å². The summed E-state index contributed by atoms with van der Waals surface area (Å²) in [4.78, 5) is 9.40. The summed E-state index contributed by atoms with van der Waals surface area (Å²) in [5.41, 5.74) is 4.02. The van der Waals surface area contributed by atoms with Crippen LogP contribution in [0, 0.1) is 0 Å². The molecule has 0 amide bonds. The normalized spacial score (nSPS) is 21.1. The van der Waals surface area contributed by atoms with Gasteiger partial charge in [-0.3, -0.25) is 0 Å². The van der Waals surface area contributed by atoms with Gasteiger partial charge in [-0.15, -0.1) is 0 Å². The van der Waals surface area contributed by atoms with Gasteiger partial charge < -0.3 is 0 Å². The topological polar surface area (TPSA) is 25.8 Å². The Bertz CT molecular complexity index is 697. The van der Waals surface area contributed by atoms with Gasteiger partial charge in [-0.1, -0.05) is 35.9 Å². The molecular formula is C17H16BrClN2. The van der Waals surface area contributed by atoms with Gasteiger partial charge in [-0.25, -0.2) is 9.97 Å². The lowest BCUT2D eigenvalue weighted by Gasteiger charge is -2.24. The lowest BCUT2D eigenvalue weighted by atomic mass is 9.83. The van der Waals surface area contributed by atoms with Gasteiger partial charge in [-0.05, 0) is 59.2 Å². The summed E-state index contributed by atoms with van der Waals surface area (Å²) in [6, 6.07) is 8.70. The first-order valence-corrected chi connectivity index (χ1v) is 8.69. The van der Waals surface area contributed by atoms with Crippen molar-refractivity contribution >= 4 is 27.5 Å². The van der Waals surface area contributed by atoms with E-state index in [4.69, 9.17) is 16.6 Å². The van der Waals surface area contributed by atoms with Crippen LogP contribution in [0.4, 0.5) is 0 Å². The first-order chi connectivity index (χ1) is 10.2. The highest BCUT2D eigenvalue weighted by atomic mass is 79.9. The van der Waals surface area contributed by atoms with Crippen LogP contribution >= 0.6 is 27.5 Å². The zero-order valence-corrected chi connectivity index (χ0v) is 14.0. The number of fused-ring (bicyclic) bond motifs is 1. The second-order valence-electron chi connectivity index (χ2n) is 6.05. The molecule has 0 bridgehead atoms. The molecule has 1 unspecified atom stereocenters. The second kappa shape index (κ2) is 5.36. The van der Waals surface area contributed by atoms with E-state index in [9.17, 15) is 0 Å². The highest BCUT2D eigenvalue weighted by Gasteiger charge is 2.31. The molecule has 1 aromatic heterocycles. The van der Waals surface area contributed by atoms with Crippen molar-refractivity contribution in [3.63, 3.8) is 0 Å². The number of nitrogens with zero attached hydrogens (tertiary/aromatic N) is 2. The number of aromatic nitrogens is 2. The number of hydrogen-bond donors (Lipinski definition) is 0. The minimum atomic E-state index is 0.392. The number of rotatable bonds is 2. The Hall–Kier alpha value is -0.930. The van der Waals surface area contributed by atoms with E-state index in [0.29, 0.717) is 17.0 Å². The molecule has 4 rings (SSSR count). The molecule has 1 atom stereocenters. The molecule has 1 aromatic carbocycles. The third-order valence-electron chi connectivity index (χ3n) is 4.53. The van der Waals surface area contributed by atoms with Crippen LogP contribution in [0.3, 0.4) is 0 Å². The van der Waals surface area contributed by atoms with E-state index in [1.807, 2.05) is 0 Å². The lowest BCUT2D eigenvalue weighted by molar-refractivity contribution is 0.551. The van der Waals surface area contributed by atoms with Crippen LogP contribution in [-0.2, 0) is 12.8 Å². The van der Waals surface area contributed by atoms with Crippen molar-refractivity contribution in [2.75, 3.05) is 0 Å². The van der Waals surface area contributed by atoms with Gasteiger partial charge >= 0.3 is 0 Å². The first-order valence-electron chi connectivity index (χ1n) is 7.52. The molecule has 2 aromatic rings. The van der Waals surface area contributed by atoms with E-state index in [1.54, 1.807) is 0 Å². The fourth-order valence-corrected chi connectivity index (χ4v) is 3.87. The van der Waals surface area contributed by atoms with E-state index in [1.165, 1.54) is 24.0 Å². The van der Waals surface area contributed by atoms with Gasteiger partial charge in [-0.2, -0.15) is 0 Å². The third-order valence-corrected chi connectivity index (χ3v) is 5.81. The fraction of sp³-hybridized carbons (Fsp3) is 0.412. The predicted octanol–water partition coefficient (Wildman–Crippen LogP) is 5.04. The Morgan fingerprint density at radius 1 is 1.00 bits per heavy atom. The van der Waals surface area contributed by atoms with Crippen molar-refractivity contribution in [1.82, 2.24) is 9.97 Å². The number of hydrogen-bond acceptors (Lipinski definition) is 2. The predicted molar refractivity (Wildman–Crippen MR) is 87.9 cm³/mol. The minimum absolute atomic E-state index is 0.392. The maximum atomic E-state index is 6.31. The van der Waals surface area contributed by atoms with Gasteiger partial charge in [0, 0.05) is 11.8 Å². The van der Waals surface area contributed by atoms with Crippen LogP contribution in [0.2, 0.25) is 5.15 Å². The van der Waals surface area contributed by atoms with E-state index in [0.717, 1.165) is 35.3 Å². The SMILES string of the molecule is Clc1nc(C2CCc3ccccc3C2)nc(C2CC2)c1Br. The maximum absolute atomic E-state index is 6.31. The molecule has 0 aliphatic heterocycles. The fourth-order valence-electron chi connectivity index (χ4n) is 3.18. The Labute approximate surface area is 138 Å². The Morgan fingerprint density at radius 2 is 1.76 bits per heavy atom. The summed E-state index contributed by atoms with van der Waals surface area (Å²) in [5.74, 6) is 1.90. The summed E-state index contributed by atoms with van der Waals surface area (Å²) in [7, 11) is 0. The van der Waals surface area contributed by atoms with Crippen LogP contribution in [0.5, 0.6) is 0 Å². The second-order valence-corrected chi connectivity index (χ2v) is 7.21. The molecule has 0 saturated heterocycles. The molecule has 1 fully saturated rings. The Kier molecular flexibility index (Phi) is 3.50. The monoisotopic (exact) mass is 362 g/mol. The zero-order valence-electron chi connectivity index (χ0n) is 11.6. The van der Waals surface area contributed by atoms with Crippen molar-refractivity contribution in [2.24, 2.45) is 0 Å². The number of aryl methyl sites for hydroxylation is 1. The highest BCUT2D eigenvalue weighted by Crippen LogP contribution is 2.44. The molecule has 21 heavy (non-hydrogen) atoms. The summed E-state index contributed by atoms with van der Waals surface area (Å²) in [6.07, 6.45) is 5.69. The van der Waals surface area contributed by atoms with Gasteiger partial charge in [0.25, 0.3) is 0 Å². The van der Waals surface area contributed by atoms with E-state index in [-0.39, 0.29) is 0 Å². The summed E-state index contributed by atoms with van der Waals surface area (Å²) >= 11 is 9.86. The average Bonchev–Trinajstić information content (AvgIpc) is 3.34. The molecule has 1 saturated carbocycles. The number of benzene rings is 1. The summed E-state index contributed by atoms with van der Waals surface area (Å²) < 4.78 is 0.895. The maximum Gasteiger partial charge on any atom is 0.147 e. The van der Waals surface area contributed by atoms with Crippen molar-refractivity contribution in [3.05, 3.63) is 56.5 Å². The summed E-state index contributed by atoms with van der Waals surface area (Å²) in [6.45, 7) is 0. The van der Waals surface area contributed by atoms with Gasteiger partial charge in [0.1, 0.15) is 11.0 Å². The minimum Gasteiger partial charge on any atom is -0.236 e. The van der Waals surface area contributed by atoms with Crippen LogP contribution in [0.1, 0.15) is 53.7 Å². The third kappa shape index (κ3) is 2.62. The molecule has 0 N–H and O–H groups in total. The summed E-state index contributed by atoms with van der Waals surface area (Å²) in [5, 5.41) is 0.570. The van der Waals surface area contributed by atoms with E-state index < -0.39 is 0 Å². The van der Waals surface area contributed by atoms with Crippen molar-refractivity contribution in [2.45, 2.75) is 43.9 Å². The molecule has 2 aliphatic rings.